The van der Waals surface area contributed by atoms with Crippen LogP contribution in [0, 0.1) is 11.3 Å². The normalized spacial score (nSPS) is 31.2. The van der Waals surface area contributed by atoms with Gasteiger partial charge in [0.15, 0.2) is 0 Å². The highest BCUT2D eigenvalue weighted by atomic mass is 16.5. The van der Waals surface area contributed by atoms with E-state index < -0.39 is 11.0 Å². The summed E-state index contributed by atoms with van der Waals surface area (Å²) in [5.74, 6) is -0.271. The Balaban J connectivity index is 2.90. The summed E-state index contributed by atoms with van der Waals surface area (Å²) in [6.07, 6.45) is 0.583. The molecule has 1 saturated heterocycles. The molecular formula is C12H23NO3. The number of carbonyl (C=O) groups excluding carboxylic acids is 1. The smallest absolute Gasteiger partial charge is 0.314 e. The monoisotopic (exact) mass is 229 g/mol. The van der Waals surface area contributed by atoms with Crippen LogP contribution in [0.4, 0.5) is 0 Å². The predicted molar refractivity (Wildman–Crippen MR) is 62.0 cm³/mol. The zero-order valence-electron chi connectivity index (χ0n) is 10.7. The Kier molecular flexibility index (Phi) is 3.97. The average molecular weight is 229 g/mol. The molecule has 0 aromatic carbocycles. The van der Waals surface area contributed by atoms with E-state index in [9.17, 15) is 9.90 Å². The second-order valence-electron chi connectivity index (χ2n) is 5.12. The number of rotatable bonds is 3. The Labute approximate surface area is 97.4 Å². The summed E-state index contributed by atoms with van der Waals surface area (Å²) in [5.41, 5.74) is -1.84. The first-order valence-electron chi connectivity index (χ1n) is 5.96. The van der Waals surface area contributed by atoms with Gasteiger partial charge in [0.25, 0.3) is 0 Å². The predicted octanol–water partition coefficient (Wildman–Crippen LogP) is 0.936. The van der Waals surface area contributed by atoms with Crippen LogP contribution in [0.5, 0.6) is 0 Å². The molecule has 0 amide bonds. The van der Waals surface area contributed by atoms with Crippen LogP contribution in [-0.4, -0.2) is 36.4 Å². The highest BCUT2D eigenvalue weighted by Crippen LogP contribution is 2.41. The summed E-state index contributed by atoms with van der Waals surface area (Å²) >= 11 is 0. The van der Waals surface area contributed by atoms with Gasteiger partial charge in [-0.25, -0.2) is 0 Å². The van der Waals surface area contributed by atoms with Crippen molar-refractivity contribution in [2.24, 2.45) is 11.3 Å². The summed E-state index contributed by atoms with van der Waals surface area (Å²) in [5, 5.41) is 13.9. The Morgan fingerprint density at radius 3 is 2.75 bits per heavy atom. The molecule has 0 aliphatic carbocycles. The number of nitrogens with one attached hydrogen (secondary N) is 1. The second-order valence-corrected chi connectivity index (χ2v) is 5.12. The third-order valence-corrected chi connectivity index (χ3v) is 3.82. The van der Waals surface area contributed by atoms with Crippen molar-refractivity contribution in [3.05, 3.63) is 0 Å². The van der Waals surface area contributed by atoms with Gasteiger partial charge in [-0.2, -0.15) is 0 Å². The van der Waals surface area contributed by atoms with E-state index in [4.69, 9.17) is 4.74 Å². The molecule has 94 valence electrons. The van der Waals surface area contributed by atoms with E-state index in [1.54, 1.807) is 20.8 Å². The zero-order chi connectivity index (χ0) is 12.4. The minimum Gasteiger partial charge on any atom is -0.465 e. The van der Waals surface area contributed by atoms with Crippen molar-refractivity contribution >= 4 is 5.97 Å². The quantitative estimate of drug-likeness (QED) is 0.707. The molecule has 1 aliphatic heterocycles. The number of hydrogen-bond acceptors (Lipinski definition) is 4. The maximum atomic E-state index is 11.9. The average Bonchev–Trinajstić information content (AvgIpc) is 2.22. The van der Waals surface area contributed by atoms with Crippen LogP contribution in [0.15, 0.2) is 0 Å². The van der Waals surface area contributed by atoms with E-state index in [2.05, 4.69) is 5.32 Å². The van der Waals surface area contributed by atoms with Crippen LogP contribution < -0.4 is 5.32 Å². The van der Waals surface area contributed by atoms with Gasteiger partial charge in [0, 0.05) is 6.54 Å². The molecule has 2 unspecified atom stereocenters. The van der Waals surface area contributed by atoms with E-state index in [-0.39, 0.29) is 11.9 Å². The van der Waals surface area contributed by atoms with Gasteiger partial charge in [-0.3, -0.25) is 4.79 Å². The van der Waals surface area contributed by atoms with Gasteiger partial charge in [-0.05, 0) is 39.7 Å². The Bertz CT molecular complexity index is 265. The van der Waals surface area contributed by atoms with Gasteiger partial charge in [-0.1, -0.05) is 6.92 Å². The molecular weight excluding hydrogens is 206 g/mol. The van der Waals surface area contributed by atoms with Gasteiger partial charge < -0.3 is 15.2 Å². The third-order valence-electron chi connectivity index (χ3n) is 3.82. The fourth-order valence-corrected chi connectivity index (χ4v) is 2.43. The van der Waals surface area contributed by atoms with Crippen LogP contribution >= 0.6 is 0 Å². The molecule has 16 heavy (non-hydrogen) atoms. The largest absolute Gasteiger partial charge is 0.465 e. The summed E-state index contributed by atoms with van der Waals surface area (Å²) in [6, 6.07) is 0. The Morgan fingerprint density at radius 1 is 1.62 bits per heavy atom. The molecule has 1 heterocycles. The molecule has 0 spiro atoms. The number of carbonyl (C=O) groups is 1. The van der Waals surface area contributed by atoms with Gasteiger partial charge in [0.1, 0.15) is 0 Å². The van der Waals surface area contributed by atoms with Crippen molar-refractivity contribution in [3.8, 4) is 0 Å². The van der Waals surface area contributed by atoms with Crippen LogP contribution in [0.1, 0.15) is 34.1 Å². The maximum absolute atomic E-state index is 11.9. The van der Waals surface area contributed by atoms with E-state index in [0.29, 0.717) is 13.0 Å². The molecule has 0 aromatic heterocycles. The van der Waals surface area contributed by atoms with Gasteiger partial charge in [-0.15, -0.1) is 0 Å². The molecule has 0 bridgehead atoms. The lowest BCUT2D eigenvalue weighted by atomic mass is 9.65. The minimum atomic E-state index is -0.982. The van der Waals surface area contributed by atoms with Crippen molar-refractivity contribution in [3.63, 3.8) is 0 Å². The van der Waals surface area contributed by atoms with Crippen LogP contribution in [0.2, 0.25) is 0 Å². The second kappa shape index (κ2) is 4.72. The van der Waals surface area contributed by atoms with Gasteiger partial charge in [0.05, 0.1) is 17.6 Å². The number of aliphatic hydroxyl groups is 1. The summed E-state index contributed by atoms with van der Waals surface area (Å²) in [6.45, 7) is 9.12. The number of ether oxygens (including phenoxy) is 1. The number of hydrogen-bond donors (Lipinski definition) is 2. The molecule has 4 nitrogen and oxygen atoms in total. The van der Waals surface area contributed by atoms with Crippen molar-refractivity contribution in [1.82, 2.24) is 5.32 Å². The molecule has 2 atom stereocenters. The topological polar surface area (TPSA) is 58.6 Å². The number of piperidine rings is 1. The van der Waals surface area contributed by atoms with Crippen LogP contribution in [0.25, 0.3) is 0 Å². The van der Waals surface area contributed by atoms with Crippen molar-refractivity contribution in [1.29, 1.82) is 0 Å². The number of esters is 1. The highest BCUT2D eigenvalue weighted by molar-refractivity contribution is 5.77. The molecule has 1 aliphatic rings. The first-order chi connectivity index (χ1) is 7.36. The van der Waals surface area contributed by atoms with Gasteiger partial charge in [0.2, 0.25) is 0 Å². The van der Waals surface area contributed by atoms with Crippen molar-refractivity contribution in [2.45, 2.75) is 39.7 Å². The molecule has 4 heteroatoms. The molecule has 2 N–H and O–H groups in total. The van der Waals surface area contributed by atoms with Gasteiger partial charge >= 0.3 is 5.97 Å². The first kappa shape index (κ1) is 13.5. The standard InChI is InChI=1S/C12H23NO3/c1-5-16-10(14)11(3,4)12(15)6-7-13-8-9(12)2/h9,13,15H,5-8H2,1-4H3. The van der Waals surface area contributed by atoms with Crippen LogP contribution in [-0.2, 0) is 9.53 Å². The lowest BCUT2D eigenvalue weighted by Crippen LogP contribution is -2.60. The van der Waals surface area contributed by atoms with Crippen molar-refractivity contribution < 1.29 is 14.6 Å². The van der Waals surface area contributed by atoms with E-state index in [1.165, 1.54) is 0 Å². The third kappa shape index (κ3) is 2.09. The fraction of sp³-hybridized carbons (Fsp3) is 0.917. The zero-order valence-corrected chi connectivity index (χ0v) is 10.7. The summed E-state index contributed by atoms with van der Waals surface area (Å²) < 4.78 is 5.05. The Morgan fingerprint density at radius 2 is 2.25 bits per heavy atom. The molecule has 1 rings (SSSR count). The first-order valence-corrected chi connectivity index (χ1v) is 5.96. The lowest BCUT2D eigenvalue weighted by Gasteiger charge is -2.47. The van der Waals surface area contributed by atoms with E-state index in [1.807, 2.05) is 6.92 Å². The molecule has 0 aromatic rings. The van der Waals surface area contributed by atoms with E-state index in [0.717, 1.165) is 13.1 Å². The molecule has 0 radical (unpaired) electrons. The Hall–Kier alpha value is -0.610. The lowest BCUT2D eigenvalue weighted by molar-refractivity contribution is -0.182. The molecule has 1 fully saturated rings. The minimum absolute atomic E-state index is 0.0423. The van der Waals surface area contributed by atoms with Crippen LogP contribution in [0.3, 0.4) is 0 Å². The summed E-state index contributed by atoms with van der Waals surface area (Å²) in [4.78, 5) is 11.9. The molecule has 0 saturated carbocycles. The van der Waals surface area contributed by atoms with Crippen molar-refractivity contribution in [2.75, 3.05) is 19.7 Å². The highest BCUT2D eigenvalue weighted by Gasteiger charge is 2.53. The maximum Gasteiger partial charge on any atom is 0.314 e. The summed E-state index contributed by atoms with van der Waals surface area (Å²) in [7, 11) is 0. The fourth-order valence-electron chi connectivity index (χ4n) is 2.43. The SMILES string of the molecule is CCOC(=O)C(C)(C)C1(O)CCNCC1C. The van der Waals surface area contributed by atoms with E-state index >= 15 is 0 Å².